The summed E-state index contributed by atoms with van der Waals surface area (Å²) >= 11 is 0. The van der Waals surface area contributed by atoms with Crippen molar-refractivity contribution in [2.45, 2.75) is 41.5 Å². The van der Waals surface area contributed by atoms with Gasteiger partial charge in [-0.15, -0.1) is 0 Å². The van der Waals surface area contributed by atoms with Crippen LogP contribution in [0, 0.1) is 50.4 Å². The van der Waals surface area contributed by atoms with Gasteiger partial charge in [-0.2, -0.15) is 10.5 Å². The van der Waals surface area contributed by atoms with Crippen molar-refractivity contribution in [2.24, 2.45) is 14.1 Å². The molecule has 0 unspecified atom stereocenters. The third-order valence-corrected chi connectivity index (χ3v) is 17.9. The Hall–Kier alpha value is -9.20. The van der Waals surface area contributed by atoms with E-state index in [4.69, 9.17) is 105 Å². The average Bonchev–Trinajstić information content (AvgIpc) is 0.746. The van der Waals surface area contributed by atoms with Gasteiger partial charge in [-0.05, 0) is 164 Å². The van der Waals surface area contributed by atoms with Crippen LogP contribution in [0.1, 0.15) is 36.1 Å². The summed E-state index contributed by atoms with van der Waals surface area (Å²) in [5, 5.41) is 22.7. The number of rotatable bonds is 2. The second-order valence-electron chi connectivity index (χ2n) is 27.5. The predicted octanol–water partition coefficient (Wildman–Crippen LogP) is 19.0. The van der Waals surface area contributed by atoms with Gasteiger partial charge < -0.3 is 94.7 Å². The van der Waals surface area contributed by atoms with Gasteiger partial charge >= 0.3 is 66.0 Å². The van der Waals surface area contributed by atoms with Gasteiger partial charge in [0.05, 0.1) is 171 Å². The Kier molecular flexibility index (Phi) is 39.8. The van der Waals surface area contributed by atoms with Crippen molar-refractivity contribution < 1.29 is 154 Å². The van der Waals surface area contributed by atoms with Crippen LogP contribution in [0.5, 0.6) is 46.0 Å². The molecule has 2 aliphatic heterocycles. The molecule has 0 aliphatic carbocycles. The Labute approximate surface area is 712 Å². The Balaban J connectivity index is 0.000000430. The number of aryl methyl sites for hydroxylation is 6. The second kappa shape index (κ2) is 48.5. The number of fused-ring (bicyclic) bond motifs is 8. The fraction of sp³-hybridized carbons (Fsp3) is 0.465. The van der Waals surface area contributed by atoms with Crippen molar-refractivity contribution in [3.8, 4) is 80.4 Å². The minimum absolute atomic E-state index is 0.285. The zero-order valence-electron chi connectivity index (χ0n) is 70.6. The molecular formula is C86H108F12N4O20P2. The van der Waals surface area contributed by atoms with Crippen molar-refractivity contribution >= 4 is 58.7 Å². The summed E-state index contributed by atoms with van der Waals surface area (Å²) in [4.78, 5) is 0. The normalized spacial score (nSPS) is 17.5. The Morgan fingerprint density at radius 3 is 0.452 bits per heavy atom. The molecule has 24 nitrogen and oxygen atoms in total. The Bertz CT molecular complexity index is 4180. The van der Waals surface area contributed by atoms with Gasteiger partial charge in [-0.3, -0.25) is 0 Å². The molecule has 0 atom stereocenters. The molecule has 0 saturated heterocycles. The Morgan fingerprint density at radius 1 is 0.226 bits per heavy atom. The summed E-state index contributed by atoms with van der Waals surface area (Å²) in [6.45, 7) is 22.5. The quantitative estimate of drug-likeness (QED) is 0.0676. The second-order valence-corrected chi connectivity index (χ2v) is 31.3. The van der Waals surface area contributed by atoms with Crippen LogP contribution in [-0.2, 0) is 70.9 Å². The van der Waals surface area contributed by atoms with E-state index in [9.17, 15) is 50.4 Å². The molecular weight excluding hydrogens is 1700 g/mol. The van der Waals surface area contributed by atoms with E-state index in [-0.39, 0.29) is 52.9 Å². The van der Waals surface area contributed by atoms with E-state index in [1.807, 2.05) is 71.8 Å². The number of pyridine rings is 2. The minimum atomic E-state index is -10.7. The van der Waals surface area contributed by atoms with Gasteiger partial charge in [0.2, 0.25) is 0 Å². The average molecular weight is 1810 g/mol. The molecule has 7 aromatic carbocycles. The molecule has 0 amide bonds. The summed E-state index contributed by atoms with van der Waals surface area (Å²) in [5.74, 6) is 4.70. The number of halogens is 12. The molecule has 0 spiro atoms. The van der Waals surface area contributed by atoms with Crippen LogP contribution in [0.15, 0.2) is 122 Å². The summed E-state index contributed by atoms with van der Waals surface area (Å²) in [6.07, 6.45) is 8.28. The molecule has 686 valence electrons. The first-order valence-electron chi connectivity index (χ1n) is 39.7. The first-order valence-corrected chi connectivity index (χ1v) is 43.8. The van der Waals surface area contributed by atoms with Crippen molar-refractivity contribution in [2.75, 3.05) is 211 Å². The molecule has 0 bridgehead atoms. The number of nitrogens with zero attached hydrogens (tertiary/aromatic N) is 4. The number of aromatic nitrogens is 2. The standard InChI is InChI=1S/C64H84O20.C18H18N2.2C2H3N.2F6P/c1-45-49-37-57-59-39-51(49)46(2)52-40-60-58(38-50(45)52)78-30-22-70-14-6-66-10-18-74-26-34-82-62-42-54-47(3)53-41-61(81-33-25-73-17-9-65-5-13-69-21-29-77-57)63(83-35-27-75-19-11-67-7-15-71-23-31-79-59)43-55(53)48(4)56(54)44-64(62)84-36-28-76-20-12-68-8-16-72-24-32-80-60;1-19-11-7-17(8-12-19)15-3-5-16(6-4-15)18-9-13-20(2)14-10-18;2*1-2-3;2*1-7(2,3,4,5)6/h37-44H,5-36H2,1-4H3;3-14H,1-2H3;2*1H3;;/q;+2;;;2*-1. The fourth-order valence-corrected chi connectivity index (χ4v) is 12.3. The predicted molar refractivity (Wildman–Crippen MR) is 445 cm³/mol. The van der Waals surface area contributed by atoms with Crippen LogP contribution in [0.25, 0.3) is 65.3 Å². The zero-order valence-corrected chi connectivity index (χ0v) is 72.3. The summed E-state index contributed by atoms with van der Waals surface area (Å²) < 4.78 is 245. The van der Waals surface area contributed by atoms with E-state index < -0.39 is 15.6 Å². The van der Waals surface area contributed by atoms with Crippen molar-refractivity contribution in [1.82, 2.24) is 0 Å². The summed E-state index contributed by atoms with van der Waals surface area (Å²) in [7, 11) is -17.3. The molecule has 38 heteroatoms. The monoisotopic (exact) mass is 1810 g/mol. The first kappa shape index (κ1) is 102. The van der Waals surface area contributed by atoms with Crippen molar-refractivity contribution in [3.05, 3.63) is 144 Å². The SMILES string of the molecule is CC#N.CC#N.C[n+]1ccc(-c2ccc(-c3cc[n+](C)cc3)cc2)cc1.Cc1c2cc3c4cc2c(C)c2cc5c(cc12)OCCOCCOCCOCCOc1cc2c(C)c6cc(c(cc6c(C)c2cc1OCCOCCOCCOCCO5)OCCOCCOCCOCCO4)OCCOCCOCCOCCO3.F[P-](F)(F)(F)(F)F.F[P-](F)(F)(F)(F)F. The summed E-state index contributed by atoms with van der Waals surface area (Å²) in [6, 6.07) is 37.1. The number of nitriles is 2. The van der Waals surface area contributed by atoms with Gasteiger partial charge in [0.15, 0.2) is 70.8 Å². The van der Waals surface area contributed by atoms with E-state index in [1.165, 1.54) is 36.1 Å². The van der Waals surface area contributed by atoms with E-state index >= 15 is 0 Å². The molecule has 9 aromatic rings. The molecule has 4 heterocycles. The first-order chi connectivity index (χ1) is 58.9. The topological polar surface area (TPSA) is 240 Å². The summed E-state index contributed by atoms with van der Waals surface area (Å²) in [5.41, 5.74) is 9.13. The molecule has 2 aromatic heterocycles. The molecule has 11 rings (SSSR count). The zero-order chi connectivity index (χ0) is 90.2. The van der Waals surface area contributed by atoms with Gasteiger partial charge in [-0.25, -0.2) is 9.13 Å². The number of benzene rings is 7. The van der Waals surface area contributed by atoms with E-state index in [1.54, 1.807) is 12.1 Å². The van der Waals surface area contributed by atoms with E-state index in [0.29, 0.717) is 205 Å². The molecule has 124 heavy (non-hydrogen) atoms. The number of hydrogen-bond donors (Lipinski definition) is 0. The van der Waals surface area contributed by atoms with Gasteiger partial charge in [0.1, 0.15) is 67.0 Å². The van der Waals surface area contributed by atoms with E-state index in [0.717, 1.165) is 65.3 Å². The number of ether oxygens (including phenoxy) is 20. The van der Waals surface area contributed by atoms with Gasteiger partial charge in [-0.1, -0.05) is 24.3 Å². The van der Waals surface area contributed by atoms with Gasteiger partial charge in [0, 0.05) is 38.1 Å². The van der Waals surface area contributed by atoms with E-state index in [2.05, 4.69) is 101 Å². The maximum absolute atomic E-state index is 10.7. The third-order valence-electron chi connectivity index (χ3n) is 17.9. The third kappa shape index (κ3) is 39.6. The van der Waals surface area contributed by atoms with Crippen molar-refractivity contribution in [3.63, 3.8) is 0 Å². The number of hydrogen-bond acceptors (Lipinski definition) is 22. The van der Waals surface area contributed by atoms with Crippen LogP contribution >= 0.6 is 15.6 Å². The van der Waals surface area contributed by atoms with Crippen LogP contribution in [-0.4, -0.2) is 211 Å². The molecule has 0 fully saturated rings. The molecule has 2 aliphatic rings. The van der Waals surface area contributed by atoms with Crippen LogP contribution in [0.2, 0.25) is 0 Å². The van der Waals surface area contributed by atoms with Gasteiger partial charge in [0.25, 0.3) is 0 Å². The van der Waals surface area contributed by atoms with Crippen LogP contribution in [0.3, 0.4) is 0 Å². The van der Waals surface area contributed by atoms with Crippen LogP contribution < -0.4 is 47.0 Å². The molecule has 0 saturated carbocycles. The maximum atomic E-state index is 9.87. The fourth-order valence-electron chi connectivity index (χ4n) is 12.3. The van der Waals surface area contributed by atoms with Crippen molar-refractivity contribution in [1.29, 1.82) is 10.5 Å². The van der Waals surface area contributed by atoms with Crippen LogP contribution in [0.4, 0.5) is 50.4 Å². The molecule has 0 radical (unpaired) electrons. The molecule has 0 N–H and O–H groups in total. The Morgan fingerprint density at radius 2 is 0.331 bits per heavy atom.